The first kappa shape index (κ1) is 35.2. The van der Waals surface area contributed by atoms with Crippen molar-refractivity contribution in [3.8, 4) is 0 Å². The van der Waals surface area contributed by atoms with Crippen LogP contribution in [0.2, 0.25) is 0 Å². The van der Waals surface area contributed by atoms with Gasteiger partial charge in [0.05, 0.1) is 58.4 Å². The summed E-state index contributed by atoms with van der Waals surface area (Å²) >= 11 is 0. The zero-order valence-corrected chi connectivity index (χ0v) is 24.1. The van der Waals surface area contributed by atoms with E-state index >= 15 is 0 Å². The molecule has 0 bridgehead atoms. The first-order chi connectivity index (χ1) is 18.7. The Morgan fingerprint density at radius 2 is 1.34 bits per heavy atom. The van der Waals surface area contributed by atoms with Crippen LogP contribution in [0.5, 0.6) is 0 Å². The van der Waals surface area contributed by atoms with Crippen LogP contribution < -0.4 is 10.6 Å². The summed E-state index contributed by atoms with van der Waals surface area (Å²) in [5.41, 5.74) is 0. The lowest BCUT2D eigenvalue weighted by Gasteiger charge is -2.24. The lowest BCUT2D eigenvalue weighted by Crippen LogP contribution is -2.49. The van der Waals surface area contributed by atoms with Crippen LogP contribution in [0.4, 0.5) is 0 Å². The largest absolute Gasteiger partial charge is 0.458 e. The molecule has 0 spiro atoms. The summed E-state index contributed by atoms with van der Waals surface area (Å²) in [5.74, 6) is -0.156. The molecule has 0 amide bonds. The SMILES string of the molecule is CCCCCCCCCCCCCCCC(=O)O[C@H]1CO[C@H](CNCCOCCO)[C@@H]1NCCOCCO. The van der Waals surface area contributed by atoms with Crippen LogP contribution in [0.15, 0.2) is 0 Å². The molecule has 0 aromatic heterocycles. The lowest BCUT2D eigenvalue weighted by molar-refractivity contribution is -0.150. The number of aliphatic hydroxyl groups excluding tert-OH is 2. The Morgan fingerprint density at radius 3 is 1.92 bits per heavy atom. The summed E-state index contributed by atoms with van der Waals surface area (Å²) in [6.45, 7) is 6.08. The minimum Gasteiger partial charge on any atom is -0.458 e. The Hall–Kier alpha value is -0.810. The molecule has 4 N–H and O–H groups in total. The fourth-order valence-corrected chi connectivity index (χ4v) is 4.76. The maximum atomic E-state index is 12.5. The van der Waals surface area contributed by atoms with Gasteiger partial charge < -0.3 is 39.8 Å². The highest BCUT2D eigenvalue weighted by Crippen LogP contribution is 2.19. The van der Waals surface area contributed by atoms with E-state index in [4.69, 9.17) is 29.2 Å². The molecule has 1 heterocycles. The predicted octanol–water partition coefficient (Wildman–Crippen LogP) is 3.34. The molecular formula is C29H58N2O7. The van der Waals surface area contributed by atoms with E-state index in [9.17, 15) is 4.79 Å². The number of nitrogens with one attached hydrogen (secondary N) is 2. The molecule has 9 nitrogen and oxygen atoms in total. The molecule has 0 aromatic rings. The second kappa shape index (κ2) is 26.4. The number of ether oxygens (including phenoxy) is 4. The van der Waals surface area contributed by atoms with E-state index in [0.717, 1.165) is 12.8 Å². The van der Waals surface area contributed by atoms with Gasteiger partial charge >= 0.3 is 5.97 Å². The number of aliphatic hydroxyl groups is 2. The lowest BCUT2D eigenvalue weighted by atomic mass is 10.0. The number of esters is 1. The molecule has 1 aliphatic heterocycles. The molecule has 0 saturated carbocycles. The number of unbranched alkanes of at least 4 members (excludes halogenated alkanes) is 12. The summed E-state index contributed by atoms with van der Waals surface area (Å²) in [5, 5.41) is 24.4. The summed E-state index contributed by atoms with van der Waals surface area (Å²) in [6, 6.07) is -0.130. The topological polar surface area (TPSA) is 119 Å². The Morgan fingerprint density at radius 1 is 0.789 bits per heavy atom. The molecule has 1 rings (SSSR count). The molecule has 38 heavy (non-hydrogen) atoms. The third-order valence-electron chi connectivity index (χ3n) is 6.91. The standard InChI is InChI=1S/C29H58N2O7/c1-2-3-4-5-6-7-8-9-10-11-12-13-14-15-28(34)38-27-25-37-26(24-30-16-20-35-22-18-32)29(27)31-17-21-36-23-19-33/h26-27,29-33H,2-25H2,1H3/t26-,27+,29+/m1/s1. The van der Waals surface area contributed by atoms with E-state index in [0.29, 0.717) is 59.1 Å². The second-order valence-electron chi connectivity index (χ2n) is 10.2. The van der Waals surface area contributed by atoms with Gasteiger partial charge in [0.2, 0.25) is 0 Å². The number of carbonyl (C=O) groups is 1. The number of carbonyl (C=O) groups excluding carboxylic acids is 1. The normalized spacial score (nSPS) is 19.3. The minimum atomic E-state index is -0.334. The van der Waals surface area contributed by atoms with Gasteiger partial charge in [-0.05, 0) is 6.42 Å². The van der Waals surface area contributed by atoms with Crippen molar-refractivity contribution < 1.29 is 34.0 Å². The molecule has 9 heteroatoms. The monoisotopic (exact) mass is 546 g/mol. The number of hydrogen-bond donors (Lipinski definition) is 4. The van der Waals surface area contributed by atoms with E-state index in [1.54, 1.807) is 0 Å². The first-order valence-corrected chi connectivity index (χ1v) is 15.3. The second-order valence-corrected chi connectivity index (χ2v) is 10.2. The van der Waals surface area contributed by atoms with Gasteiger partial charge in [-0.2, -0.15) is 0 Å². The molecule has 226 valence electrons. The zero-order valence-electron chi connectivity index (χ0n) is 24.1. The molecule has 0 aliphatic carbocycles. The Balaban J connectivity index is 2.19. The van der Waals surface area contributed by atoms with Crippen LogP contribution in [0, 0.1) is 0 Å². The average Bonchev–Trinajstić information content (AvgIpc) is 3.29. The third kappa shape index (κ3) is 19.3. The van der Waals surface area contributed by atoms with Crippen LogP contribution in [-0.2, 0) is 23.7 Å². The summed E-state index contributed by atoms with van der Waals surface area (Å²) in [6.07, 6.45) is 16.6. The van der Waals surface area contributed by atoms with Crippen molar-refractivity contribution in [1.82, 2.24) is 10.6 Å². The first-order valence-electron chi connectivity index (χ1n) is 15.3. The third-order valence-corrected chi connectivity index (χ3v) is 6.91. The maximum absolute atomic E-state index is 12.5. The molecule has 0 unspecified atom stereocenters. The van der Waals surface area contributed by atoms with Gasteiger partial charge in [0, 0.05) is 26.1 Å². The van der Waals surface area contributed by atoms with Crippen molar-refractivity contribution in [3.05, 3.63) is 0 Å². The van der Waals surface area contributed by atoms with E-state index in [-0.39, 0.29) is 37.4 Å². The van der Waals surface area contributed by atoms with E-state index < -0.39 is 0 Å². The Kier molecular flexibility index (Phi) is 24.5. The van der Waals surface area contributed by atoms with Crippen LogP contribution in [0.1, 0.15) is 96.8 Å². The van der Waals surface area contributed by atoms with Crippen LogP contribution in [0.25, 0.3) is 0 Å². The summed E-state index contributed by atoms with van der Waals surface area (Å²) < 4.78 is 22.4. The molecule has 1 fully saturated rings. The highest BCUT2D eigenvalue weighted by molar-refractivity contribution is 5.69. The van der Waals surface area contributed by atoms with Crippen molar-refractivity contribution >= 4 is 5.97 Å². The van der Waals surface area contributed by atoms with Crippen molar-refractivity contribution in [1.29, 1.82) is 0 Å². The quantitative estimate of drug-likeness (QED) is 0.0865. The Bertz CT molecular complexity index is 527. The van der Waals surface area contributed by atoms with Gasteiger partial charge in [0.25, 0.3) is 0 Å². The van der Waals surface area contributed by atoms with Crippen molar-refractivity contribution in [2.45, 2.75) is 115 Å². The molecule has 0 radical (unpaired) electrons. The summed E-state index contributed by atoms with van der Waals surface area (Å²) in [4.78, 5) is 12.5. The van der Waals surface area contributed by atoms with E-state index in [2.05, 4.69) is 17.6 Å². The van der Waals surface area contributed by atoms with Crippen molar-refractivity contribution in [3.63, 3.8) is 0 Å². The van der Waals surface area contributed by atoms with Crippen molar-refractivity contribution in [2.24, 2.45) is 0 Å². The van der Waals surface area contributed by atoms with Gasteiger partial charge in [0.1, 0.15) is 6.10 Å². The molecule has 0 aromatic carbocycles. The van der Waals surface area contributed by atoms with E-state index in [1.165, 1.54) is 70.6 Å². The molecule has 1 aliphatic rings. The fraction of sp³-hybridized carbons (Fsp3) is 0.966. The van der Waals surface area contributed by atoms with Gasteiger partial charge in [0.15, 0.2) is 0 Å². The number of hydrogen-bond acceptors (Lipinski definition) is 9. The van der Waals surface area contributed by atoms with Crippen LogP contribution in [0.3, 0.4) is 0 Å². The molecule has 1 saturated heterocycles. The van der Waals surface area contributed by atoms with Gasteiger partial charge in [-0.15, -0.1) is 0 Å². The highest BCUT2D eigenvalue weighted by Gasteiger charge is 2.39. The highest BCUT2D eigenvalue weighted by atomic mass is 16.6. The summed E-state index contributed by atoms with van der Waals surface area (Å²) in [7, 11) is 0. The smallest absolute Gasteiger partial charge is 0.306 e. The van der Waals surface area contributed by atoms with Gasteiger partial charge in [-0.25, -0.2) is 0 Å². The van der Waals surface area contributed by atoms with E-state index in [1.807, 2.05) is 0 Å². The molecule has 3 atom stereocenters. The maximum Gasteiger partial charge on any atom is 0.306 e. The number of rotatable bonds is 28. The minimum absolute atomic E-state index is 0.00311. The van der Waals surface area contributed by atoms with Crippen molar-refractivity contribution in [2.75, 3.05) is 65.9 Å². The molecular weight excluding hydrogens is 488 g/mol. The average molecular weight is 547 g/mol. The van der Waals surface area contributed by atoms with Crippen LogP contribution in [-0.4, -0.2) is 100 Å². The van der Waals surface area contributed by atoms with Crippen LogP contribution >= 0.6 is 0 Å². The Labute approximate surface area is 231 Å². The zero-order chi connectivity index (χ0) is 27.5. The predicted molar refractivity (Wildman–Crippen MR) is 150 cm³/mol. The fourth-order valence-electron chi connectivity index (χ4n) is 4.76. The van der Waals surface area contributed by atoms with Gasteiger partial charge in [-0.1, -0.05) is 84.0 Å². The van der Waals surface area contributed by atoms with Gasteiger partial charge in [-0.3, -0.25) is 4.79 Å².